The summed E-state index contributed by atoms with van der Waals surface area (Å²) in [5, 5.41) is 10.7. The predicted octanol–water partition coefficient (Wildman–Crippen LogP) is 0.954. The number of rotatable bonds is 2. The van der Waals surface area contributed by atoms with Crippen LogP contribution in [0.15, 0.2) is 18.3 Å². The molecule has 0 aliphatic carbocycles. The second kappa shape index (κ2) is 5.18. The van der Waals surface area contributed by atoms with E-state index in [1.807, 2.05) is 0 Å². The zero-order valence-electron chi connectivity index (χ0n) is 10.7. The van der Waals surface area contributed by atoms with Crippen LogP contribution in [-0.2, 0) is 6.18 Å². The van der Waals surface area contributed by atoms with E-state index in [2.05, 4.69) is 4.98 Å². The summed E-state index contributed by atoms with van der Waals surface area (Å²) in [6, 6.07) is 2.13. The van der Waals surface area contributed by atoms with Gasteiger partial charge in [-0.15, -0.1) is 0 Å². The summed E-state index contributed by atoms with van der Waals surface area (Å²) in [5.41, 5.74) is -0.808. The molecular weight excluding hydrogens is 275 g/mol. The molecule has 0 radical (unpaired) electrons. The molecule has 1 aromatic rings. The van der Waals surface area contributed by atoms with E-state index in [-0.39, 0.29) is 12.6 Å². The first-order valence-corrected chi connectivity index (χ1v) is 6.01. The van der Waals surface area contributed by atoms with Gasteiger partial charge in [-0.3, -0.25) is 0 Å². The van der Waals surface area contributed by atoms with Crippen molar-refractivity contribution in [2.75, 3.05) is 25.0 Å². The molecule has 1 unspecified atom stereocenters. The number of likely N-dealkylation sites (N-methyl/N-ethyl adjacent to an activating group) is 1. The minimum atomic E-state index is -4.41. The van der Waals surface area contributed by atoms with Gasteiger partial charge in [-0.1, -0.05) is 0 Å². The zero-order valence-corrected chi connectivity index (χ0v) is 10.7. The number of carbonyl (C=O) groups excluding carboxylic acids is 1. The fourth-order valence-electron chi connectivity index (χ4n) is 2.17. The molecule has 8 heteroatoms. The van der Waals surface area contributed by atoms with Crippen LogP contribution < -0.4 is 10.0 Å². The Morgan fingerprint density at radius 3 is 2.65 bits per heavy atom. The van der Waals surface area contributed by atoms with Gasteiger partial charge in [0.15, 0.2) is 0 Å². The first-order valence-electron chi connectivity index (χ1n) is 6.01. The summed E-state index contributed by atoms with van der Waals surface area (Å²) in [6.07, 6.45) is -4.28. The molecule has 0 bridgehead atoms. The summed E-state index contributed by atoms with van der Waals surface area (Å²) < 4.78 is 37.3. The van der Waals surface area contributed by atoms with E-state index in [0.29, 0.717) is 18.8 Å². The maximum atomic E-state index is 12.4. The van der Waals surface area contributed by atoms with E-state index in [4.69, 9.17) is 0 Å². The quantitative estimate of drug-likeness (QED) is 0.813. The van der Waals surface area contributed by atoms with Crippen molar-refractivity contribution in [3.63, 3.8) is 0 Å². The van der Waals surface area contributed by atoms with Crippen molar-refractivity contribution in [3.05, 3.63) is 23.9 Å². The lowest BCUT2D eigenvalue weighted by Crippen LogP contribution is -2.42. The van der Waals surface area contributed by atoms with Gasteiger partial charge in [0.05, 0.1) is 5.56 Å². The third-order valence-corrected chi connectivity index (χ3v) is 3.41. The van der Waals surface area contributed by atoms with Gasteiger partial charge < -0.3 is 19.7 Å². The fraction of sp³-hybridized carbons (Fsp3) is 0.500. The van der Waals surface area contributed by atoms with Crippen LogP contribution in [-0.4, -0.2) is 42.2 Å². The smallest absolute Gasteiger partial charge is 0.417 e. The van der Waals surface area contributed by atoms with Crippen LogP contribution in [0.1, 0.15) is 12.0 Å². The highest BCUT2D eigenvalue weighted by Crippen LogP contribution is 2.29. The molecule has 1 atom stereocenters. The topological polar surface area (TPSA) is 59.5 Å². The molecule has 1 saturated heterocycles. The second-order valence-electron chi connectivity index (χ2n) is 4.67. The van der Waals surface area contributed by atoms with Gasteiger partial charge in [0.2, 0.25) is 0 Å². The molecule has 0 N–H and O–H groups in total. The van der Waals surface area contributed by atoms with Crippen molar-refractivity contribution in [3.8, 4) is 0 Å². The average molecular weight is 288 g/mol. The van der Waals surface area contributed by atoms with Crippen molar-refractivity contribution in [2.24, 2.45) is 0 Å². The van der Waals surface area contributed by atoms with Crippen LogP contribution in [0.5, 0.6) is 0 Å². The summed E-state index contributed by atoms with van der Waals surface area (Å²) in [7, 11) is 1.68. The van der Waals surface area contributed by atoms with Crippen LogP contribution in [0.25, 0.3) is 0 Å². The van der Waals surface area contributed by atoms with Crippen molar-refractivity contribution < 1.29 is 23.1 Å². The Labute approximate surface area is 113 Å². The van der Waals surface area contributed by atoms with E-state index in [9.17, 15) is 23.1 Å². The Balaban J connectivity index is 2.07. The molecule has 110 valence electrons. The maximum Gasteiger partial charge on any atom is 0.417 e. The molecule has 1 aliphatic heterocycles. The molecule has 0 aromatic carbocycles. The Morgan fingerprint density at radius 2 is 2.20 bits per heavy atom. The zero-order chi connectivity index (χ0) is 14.9. The number of amides is 1. The van der Waals surface area contributed by atoms with Gasteiger partial charge >= 0.3 is 6.18 Å². The van der Waals surface area contributed by atoms with Crippen molar-refractivity contribution in [1.82, 2.24) is 9.88 Å². The number of likely N-dealkylation sites (tertiary alicyclic amines) is 1. The monoisotopic (exact) mass is 288 g/mol. The SMILES string of the molecule is CN(c1ccc(C(F)(F)F)cn1)C1CCN(C(=O)[O-])C1. The molecule has 5 nitrogen and oxygen atoms in total. The highest BCUT2D eigenvalue weighted by Gasteiger charge is 2.31. The van der Waals surface area contributed by atoms with Crippen LogP contribution in [0.4, 0.5) is 23.8 Å². The molecule has 1 aliphatic rings. The summed E-state index contributed by atoms with van der Waals surface area (Å²) in [6.45, 7) is 0.625. The highest BCUT2D eigenvalue weighted by molar-refractivity contribution is 5.63. The summed E-state index contributed by atoms with van der Waals surface area (Å²) >= 11 is 0. The van der Waals surface area contributed by atoms with E-state index in [1.54, 1.807) is 11.9 Å². The number of anilines is 1. The van der Waals surface area contributed by atoms with Gasteiger partial charge in [0, 0.05) is 32.4 Å². The van der Waals surface area contributed by atoms with E-state index in [0.717, 1.165) is 12.3 Å². The molecule has 2 rings (SSSR count). The molecule has 1 amide bonds. The molecule has 2 heterocycles. The van der Waals surface area contributed by atoms with Crippen molar-refractivity contribution in [2.45, 2.75) is 18.6 Å². The Hall–Kier alpha value is -1.99. The van der Waals surface area contributed by atoms with Crippen LogP contribution >= 0.6 is 0 Å². The largest absolute Gasteiger partial charge is 0.530 e. The van der Waals surface area contributed by atoms with Gasteiger partial charge in [-0.2, -0.15) is 13.2 Å². The van der Waals surface area contributed by atoms with Crippen LogP contribution in [0.2, 0.25) is 0 Å². The Morgan fingerprint density at radius 1 is 1.50 bits per heavy atom. The van der Waals surface area contributed by atoms with Gasteiger partial charge in [0.1, 0.15) is 11.9 Å². The lowest BCUT2D eigenvalue weighted by molar-refractivity contribution is -0.264. The van der Waals surface area contributed by atoms with E-state index in [1.165, 1.54) is 11.0 Å². The van der Waals surface area contributed by atoms with E-state index >= 15 is 0 Å². The molecule has 0 spiro atoms. The normalized spacial score (nSPS) is 19.2. The Kier molecular flexibility index (Phi) is 3.74. The number of carbonyl (C=O) groups is 1. The number of halogens is 3. The number of aromatic nitrogens is 1. The van der Waals surface area contributed by atoms with Crippen molar-refractivity contribution >= 4 is 11.9 Å². The average Bonchev–Trinajstić information content (AvgIpc) is 2.86. The minimum absolute atomic E-state index is 0.114. The van der Waals surface area contributed by atoms with Crippen molar-refractivity contribution in [1.29, 1.82) is 0 Å². The summed E-state index contributed by atoms with van der Waals surface area (Å²) in [5.74, 6) is 0.378. The molecular formula is C12H13F3N3O2-. The predicted molar refractivity (Wildman–Crippen MR) is 63.0 cm³/mol. The van der Waals surface area contributed by atoms with Gasteiger partial charge in [-0.25, -0.2) is 4.98 Å². The molecule has 1 fully saturated rings. The molecule has 1 aromatic heterocycles. The second-order valence-corrected chi connectivity index (χ2v) is 4.67. The summed E-state index contributed by atoms with van der Waals surface area (Å²) in [4.78, 5) is 17.4. The number of alkyl halides is 3. The fourth-order valence-corrected chi connectivity index (χ4v) is 2.17. The first kappa shape index (κ1) is 14.4. The van der Waals surface area contributed by atoms with Gasteiger partial charge in [-0.05, 0) is 18.6 Å². The molecule has 20 heavy (non-hydrogen) atoms. The van der Waals surface area contributed by atoms with Crippen LogP contribution in [0.3, 0.4) is 0 Å². The highest BCUT2D eigenvalue weighted by atomic mass is 19.4. The van der Waals surface area contributed by atoms with Crippen LogP contribution in [0, 0.1) is 0 Å². The van der Waals surface area contributed by atoms with E-state index < -0.39 is 17.8 Å². The Bertz CT molecular complexity index is 490. The number of hydrogen-bond acceptors (Lipinski definition) is 4. The lowest BCUT2D eigenvalue weighted by atomic mass is 10.2. The number of pyridine rings is 1. The minimum Gasteiger partial charge on any atom is -0.530 e. The first-order chi connectivity index (χ1) is 9.29. The lowest BCUT2D eigenvalue weighted by Gasteiger charge is -2.26. The standard InChI is InChI=1S/C12H14F3N3O2/c1-17(9-4-5-18(7-9)11(19)20)10-3-2-8(6-16-10)12(13,14)15/h2-3,6,9H,4-5,7H2,1H3,(H,19,20)/p-1. The third kappa shape index (κ3) is 2.94. The number of carboxylic acid groups (broad SMARTS) is 1. The third-order valence-electron chi connectivity index (χ3n) is 3.41. The molecule has 0 saturated carbocycles. The van der Waals surface area contributed by atoms with Gasteiger partial charge in [0.25, 0.3) is 0 Å². The maximum absolute atomic E-state index is 12.4. The number of nitrogens with zero attached hydrogens (tertiary/aromatic N) is 3. The number of hydrogen-bond donors (Lipinski definition) is 0.